The van der Waals surface area contributed by atoms with Gasteiger partial charge < -0.3 is 4.90 Å². The summed E-state index contributed by atoms with van der Waals surface area (Å²) in [5.41, 5.74) is 17.6. The zero-order valence-electron chi connectivity index (χ0n) is 32.6. The van der Waals surface area contributed by atoms with Crippen LogP contribution in [0.1, 0.15) is 0 Å². The third kappa shape index (κ3) is 7.23. The van der Waals surface area contributed by atoms with Gasteiger partial charge in [-0.25, -0.2) is 0 Å². The summed E-state index contributed by atoms with van der Waals surface area (Å²) in [5, 5.41) is 2.52. The van der Waals surface area contributed by atoms with Crippen LogP contribution in [0.2, 0.25) is 0 Å². The average molecular weight is 752 g/mol. The number of benzene rings is 10. The van der Waals surface area contributed by atoms with E-state index in [4.69, 9.17) is 0 Å². The van der Waals surface area contributed by atoms with E-state index in [9.17, 15) is 0 Å². The minimum atomic E-state index is 1.09. The van der Waals surface area contributed by atoms with Crippen LogP contribution >= 0.6 is 0 Å². The first kappa shape index (κ1) is 35.7. The Morgan fingerprint density at radius 2 is 0.610 bits per heavy atom. The molecule has 1 nitrogen and oxygen atoms in total. The van der Waals surface area contributed by atoms with E-state index in [2.05, 4.69) is 254 Å². The summed E-state index contributed by atoms with van der Waals surface area (Å²) in [6, 6.07) is 89.8. The normalized spacial score (nSPS) is 11.1. The summed E-state index contributed by atoms with van der Waals surface area (Å²) in [5.74, 6) is 0. The number of rotatable bonds is 9. The maximum atomic E-state index is 2.43. The third-order valence-corrected chi connectivity index (χ3v) is 11.3. The fraction of sp³-hybridized carbons (Fsp3) is 0. The van der Waals surface area contributed by atoms with Crippen LogP contribution in [0.25, 0.3) is 77.5 Å². The Kier molecular flexibility index (Phi) is 9.68. The third-order valence-electron chi connectivity index (χ3n) is 11.3. The van der Waals surface area contributed by atoms with Gasteiger partial charge in [-0.3, -0.25) is 0 Å². The minimum absolute atomic E-state index is 1.09. The number of anilines is 3. The highest BCUT2D eigenvalue weighted by Crippen LogP contribution is 2.46. The van der Waals surface area contributed by atoms with E-state index < -0.39 is 0 Å². The van der Waals surface area contributed by atoms with Crippen molar-refractivity contribution in [3.63, 3.8) is 0 Å². The van der Waals surface area contributed by atoms with E-state index in [0.717, 1.165) is 17.1 Å². The molecule has 0 aliphatic carbocycles. The number of hydrogen-bond donors (Lipinski definition) is 0. The molecule has 10 aromatic carbocycles. The molecule has 278 valence electrons. The second-order valence-corrected chi connectivity index (χ2v) is 14.9. The Bertz CT molecular complexity index is 3020. The largest absolute Gasteiger partial charge is 0.309 e. The lowest BCUT2D eigenvalue weighted by Gasteiger charge is -2.30. The van der Waals surface area contributed by atoms with Crippen LogP contribution in [0.4, 0.5) is 17.1 Å². The van der Waals surface area contributed by atoms with Crippen molar-refractivity contribution in [1.82, 2.24) is 0 Å². The summed E-state index contributed by atoms with van der Waals surface area (Å²) in [6.07, 6.45) is 0. The van der Waals surface area contributed by atoms with Crippen LogP contribution in [0.15, 0.2) is 249 Å². The van der Waals surface area contributed by atoms with Crippen molar-refractivity contribution in [2.24, 2.45) is 0 Å². The number of fused-ring (bicyclic) bond motifs is 1. The second kappa shape index (κ2) is 16.0. The lowest BCUT2D eigenvalue weighted by atomic mass is 9.92. The highest BCUT2D eigenvalue weighted by Gasteiger charge is 2.21. The molecule has 0 bridgehead atoms. The van der Waals surface area contributed by atoms with Crippen molar-refractivity contribution in [2.75, 3.05) is 4.90 Å². The number of para-hydroxylation sites is 2. The van der Waals surface area contributed by atoms with Gasteiger partial charge in [0.05, 0.1) is 11.4 Å². The highest BCUT2D eigenvalue weighted by atomic mass is 15.1. The minimum Gasteiger partial charge on any atom is -0.309 e. The molecular weight excluding hydrogens is 711 g/mol. The van der Waals surface area contributed by atoms with Crippen molar-refractivity contribution >= 4 is 27.8 Å². The first-order valence-electron chi connectivity index (χ1n) is 20.3. The summed E-state index contributed by atoms with van der Waals surface area (Å²) in [7, 11) is 0. The van der Waals surface area contributed by atoms with Gasteiger partial charge in [0.2, 0.25) is 0 Å². The SMILES string of the molecule is c1ccc(-c2ccccc2-c2ccccc2N(c2ccc(-c3ccc(-c4cccc(-c5ccc6ccccc6c5)c4)cc3)cc2)c2ccccc2-c2ccccc2)cc1. The quantitative estimate of drug-likeness (QED) is 0.142. The van der Waals surface area contributed by atoms with Crippen LogP contribution in [0.3, 0.4) is 0 Å². The van der Waals surface area contributed by atoms with Crippen LogP contribution in [0.5, 0.6) is 0 Å². The fourth-order valence-corrected chi connectivity index (χ4v) is 8.33. The molecule has 59 heavy (non-hydrogen) atoms. The predicted octanol–water partition coefficient (Wildman–Crippen LogP) is 16.3. The Labute approximate surface area is 346 Å². The van der Waals surface area contributed by atoms with Gasteiger partial charge in [-0.05, 0) is 103 Å². The molecule has 10 aromatic rings. The Balaban J connectivity index is 1.02. The first-order chi connectivity index (χ1) is 29.3. The second-order valence-electron chi connectivity index (χ2n) is 14.9. The maximum Gasteiger partial charge on any atom is 0.0540 e. The number of nitrogens with zero attached hydrogens (tertiary/aromatic N) is 1. The van der Waals surface area contributed by atoms with Crippen LogP contribution in [-0.2, 0) is 0 Å². The van der Waals surface area contributed by atoms with Crippen molar-refractivity contribution in [3.8, 4) is 66.8 Å². The van der Waals surface area contributed by atoms with Gasteiger partial charge in [-0.15, -0.1) is 0 Å². The van der Waals surface area contributed by atoms with Gasteiger partial charge in [-0.1, -0.05) is 212 Å². The van der Waals surface area contributed by atoms with Crippen molar-refractivity contribution in [1.29, 1.82) is 0 Å². The summed E-state index contributed by atoms with van der Waals surface area (Å²) < 4.78 is 0. The Morgan fingerprint density at radius 1 is 0.203 bits per heavy atom. The fourth-order valence-electron chi connectivity index (χ4n) is 8.33. The van der Waals surface area contributed by atoms with Gasteiger partial charge in [0.1, 0.15) is 0 Å². The van der Waals surface area contributed by atoms with Gasteiger partial charge >= 0.3 is 0 Å². The molecule has 1 heteroatoms. The first-order valence-corrected chi connectivity index (χ1v) is 20.3. The van der Waals surface area contributed by atoms with Gasteiger partial charge in [0, 0.05) is 16.8 Å². The lowest BCUT2D eigenvalue weighted by molar-refractivity contribution is 1.28. The lowest BCUT2D eigenvalue weighted by Crippen LogP contribution is -2.12. The molecule has 0 aromatic heterocycles. The molecule has 0 radical (unpaired) electrons. The zero-order chi connectivity index (χ0) is 39.4. The molecule has 0 saturated heterocycles. The van der Waals surface area contributed by atoms with Gasteiger partial charge in [0.15, 0.2) is 0 Å². The zero-order valence-corrected chi connectivity index (χ0v) is 32.6. The molecular formula is C58H41N. The van der Waals surface area contributed by atoms with Crippen molar-refractivity contribution in [3.05, 3.63) is 249 Å². The van der Waals surface area contributed by atoms with Crippen LogP contribution in [-0.4, -0.2) is 0 Å². The Morgan fingerprint density at radius 3 is 1.27 bits per heavy atom. The molecule has 0 fully saturated rings. The van der Waals surface area contributed by atoms with E-state index in [1.165, 1.54) is 77.5 Å². The molecule has 0 unspecified atom stereocenters. The van der Waals surface area contributed by atoms with Gasteiger partial charge in [-0.2, -0.15) is 0 Å². The average Bonchev–Trinajstić information content (AvgIpc) is 3.33. The van der Waals surface area contributed by atoms with E-state index in [-0.39, 0.29) is 0 Å². The standard InChI is InChI=1S/C58H41N/c1-3-17-46(18-4-1)53-24-9-10-26-55(53)56-27-12-14-29-58(56)59(57-28-13-11-25-54(57)47-19-5-2-6-20-47)52-38-36-44(37-39-52)43-30-32-45(33-31-43)49-22-15-23-50(40-49)51-35-34-42-16-7-8-21-48(42)41-51/h1-41H. The smallest absolute Gasteiger partial charge is 0.0540 e. The van der Waals surface area contributed by atoms with E-state index in [1.807, 2.05) is 0 Å². The predicted molar refractivity (Wildman–Crippen MR) is 251 cm³/mol. The van der Waals surface area contributed by atoms with E-state index >= 15 is 0 Å². The topological polar surface area (TPSA) is 3.24 Å². The number of hydrogen-bond acceptors (Lipinski definition) is 1. The van der Waals surface area contributed by atoms with Crippen molar-refractivity contribution in [2.45, 2.75) is 0 Å². The van der Waals surface area contributed by atoms with Crippen LogP contribution < -0.4 is 4.90 Å². The molecule has 0 aliphatic heterocycles. The molecule has 0 heterocycles. The molecule has 0 spiro atoms. The Hall–Kier alpha value is -7.74. The monoisotopic (exact) mass is 751 g/mol. The van der Waals surface area contributed by atoms with E-state index in [0.29, 0.717) is 0 Å². The van der Waals surface area contributed by atoms with Gasteiger partial charge in [0.25, 0.3) is 0 Å². The molecule has 10 rings (SSSR count). The molecule has 0 aliphatic rings. The molecule has 0 saturated carbocycles. The summed E-state index contributed by atoms with van der Waals surface area (Å²) >= 11 is 0. The summed E-state index contributed by atoms with van der Waals surface area (Å²) in [4.78, 5) is 2.43. The molecule has 0 N–H and O–H groups in total. The van der Waals surface area contributed by atoms with E-state index in [1.54, 1.807) is 0 Å². The molecule has 0 atom stereocenters. The van der Waals surface area contributed by atoms with Crippen LogP contribution in [0, 0.1) is 0 Å². The highest BCUT2D eigenvalue weighted by molar-refractivity contribution is 5.97. The summed E-state index contributed by atoms with van der Waals surface area (Å²) in [6.45, 7) is 0. The van der Waals surface area contributed by atoms with Crippen molar-refractivity contribution < 1.29 is 0 Å². The molecule has 0 amide bonds. The maximum absolute atomic E-state index is 2.43.